The average molecular weight is 280 g/mol. The Hall–Kier alpha value is -2.50. The molecule has 1 aromatic carbocycles. The van der Waals surface area contributed by atoms with Crippen molar-refractivity contribution in [2.75, 3.05) is 5.32 Å². The second-order valence-corrected chi connectivity index (χ2v) is 5.48. The van der Waals surface area contributed by atoms with Crippen LogP contribution in [0.25, 0.3) is 11.0 Å². The molecule has 1 aliphatic rings. The molecule has 0 saturated heterocycles. The SMILES string of the molecule is Cc1nnc(NC2CC2)c2c1nnn2Cc1ccccc1. The Labute approximate surface area is 122 Å². The molecule has 1 fully saturated rings. The summed E-state index contributed by atoms with van der Waals surface area (Å²) < 4.78 is 1.90. The largest absolute Gasteiger partial charge is 0.364 e. The monoisotopic (exact) mass is 280 g/mol. The number of nitrogens with one attached hydrogen (secondary N) is 1. The summed E-state index contributed by atoms with van der Waals surface area (Å²) >= 11 is 0. The molecule has 0 bridgehead atoms. The van der Waals surface area contributed by atoms with Crippen LogP contribution < -0.4 is 5.32 Å². The van der Waals surface area contributed by atoms with E-state index in [2.05, 4.69) is 38.0 Å². The Balaban J connectivity index is 1.79. The highest BCUT2D eigenvalue weighted by molar-refractivity contribution is 5.86. The van der Waals surface area contributed by atoms with Gasteiger partial charge >= 0.3 is 0 Å². The van der Waals surface area contributed by atoms with Crippen molar-refractivity contribution in [2.24, 2.45) is 0 Å². The first-order valence-electron chi connectivity index (χ1n) is 7.18. The van der Waals surface area contributed by atoms with Crippen molar-refractivity contribution in [3.8, 4) is 0 Å². The summed E-state index contributed by atoms with van der Waals surface area (Å²) in [5, 5.41) is 20.5. The summed E-state index contributed by atoms with van der Waals surface area (Å²) in [6.45, 7) is 2.60. The molecule has 1 N–H and O–H groups in total. The molecule has 0 radical (unpaired) electrons. The summed E-state index contributed by atoms with van der Waals surface area (Å²) in [5.41, 5.74) is 3.77. The molecule has 0 atom stereocenters. The maximum Gasteiger partial charge on any atom is 0.176 e. The zero-order chi connectivity index (χ0) is 14.2. The minimum Gasteiger partial charge on any atom is -0.364 e. The summed E-state index contributed by atoms with van der Waals surface area (Å²) in [4.78, 5) is 0. The van der Waals surface area contributed by atoms with E-state index in [9.17, 15) is 0 Å². The lowest BCUT2D eigenvalue weighted by atomic mass is 10.2. The molecule has 1 saturated carbocycles. The van der Waals surface area contributed by atoms with Crippen molar-refractivity contribution in [3.63, 3.8) is 0 Å². The molecule has 21 heavy (non-hydrogen) atoms. The van der Waals surface area contributed by atoms with Gasteiger partial charge in [0.15, 0.2) is 5.82 Å². The van der Waals surface area contributed by atoms with Crippen LogP contribution in [0.1, 0.15) is 24.1 Å². The van der Waals surface area contributed by atoms with Crippen molar-refractivity contribution >= 4 is 16.9 Å². The third-order valence-electron chi connectivity index (χ3n) is 3.70. The zero-order valence-corrected chi connectivity index (χ0v) is 11.8. The highest BCUT2D eigenvalue weighted by Gasteiger charge is 2.24. The Morgan fingerprint density at radius 1 is 1.14 bits per heavy atom. The van der Waals surface area contributed by atoms with E-state index in [1.54, 1.807) is 0 Å². The van der Waals surface area contributed by atoms with Crippen LogP contribution in [0.5, 0.6) is 0 Å². The van der Waals surface area contributed by atoms with Gasteiger partial charge in [0.25, 0.3) is 0 Å². The highest BCUT2D eigenvalue weighted by atomic mass is 15.4. The number of aryl methyl sites for hydroxylation is 1. The van der Waals surface area contributed by atoms with E-state index in [1.165, 1.54) is 18.4 Å². The molecule has 6 heteroatoms. The summed E-state index contributed by atoms with van der Waals surface area (Å²) in [6.07, 6.45) is 2.38. The molecule has 2 aromatic heterocycles. The van der Waals surface area contributed by atoms with E-state index >= 15 is 0 Å². The number of nitrogens with zero attached hydrogens (tertiary/aromatic N) is 5. The number of hydrogen-bond donors (Lipinski definition) is 1. The summed E-state index contributed by atoms with van der Waals surface area (Å²) in [5.74, 6) is 0.791. The van der Waals surface area contributed by atoms with Crippen LogP contribution in [0.2, 0.25) is 0 Å². The van der Waals surface area contributed by atoms with Gasteiger partial charge in [-0.25, -0.2) is 4.68 Å². The quantitative estimate of drug-likeness (QED) is 0.793. The molecular weight excluding hydrogens is 264 g/mol. The van der Waals surface area contributed by atoms with Crippen LogP contribution in [0.4, 0.5) is 5.82 Å². The molecule has 0 aliphatic heterocycles. The van der Waals surface area contributed by atoms with Gasteiger partial charge in [-0.1, -0.05) is 35.5 Å². The van der Waals surface area contributed by atoms with Crippen LogP contribution in [-0.4, -0.2) is 31.2 Å². The second kappa shape index (κ2) is 4.80. The van der Waals surface area contributed by atoms with E-state index in [4.69, 9.17) is 0 Å². The second-order valence-electron chi connectivity index (χ2n) is 5.48. The van der Waals surface area contributed by atoms with Crippen molar-refractivity contribution in [3.05, 3.63) is 41.6 Å². The first-order valence-corrected chi connectivity index (χ1v) is 7.18. The van der Waals surface area contributed by atoms with Gasteiger partial charge in [-0.3, -0.25) is 0 Å². The maximum absolute atomic E-state index is 4.30. The highest BCUT2D eigenvalue weighted by Crippen LogP contribution is 2.28. The van der Waals surface area contributed by atoms with Gasteiger partial charge in [-0.05, 0) is 25.3 Å². The maximum atomic E-state index is 4.30. The fourth-order valence-corrected chi connectivity index (χ4v) is 2.40. The molecule has 0 unspecified atom stereocenters. The lowest BCUT2D eigenvalue weighted by molar-refractivity contribution is 0.669. The average Bonchev–Trinajstić information content (AvgIpc) is 3.22. The van der Waals surface area contributed by atoms with Crippen LogP contribution in [0.15, 0.2) is 30.3 Å². The molecule has 1 aliphatic carbocycles. The number of rotatable bonds is 4. The van der Waals surface area contributed by atoms with E-state index < -0.39 is 0 Å². The Morgan fingerprint density at radius 2 is 1.95 bits per heavy atom. The minimum absolute atomic E-state index is 0.519. The summed E-state index contributed by atoms with van der Waals surface area (Å²) in [6, 6.07) is 10.8. The first kappa shape index (κ1) is 12.3. The van der Waals surface area contributed by atoms with E-state index in [0.717, 1.165) is 22.5 Å². The van der Waals surface area contributed by atoms with Crippen LogP contribution in [-0.2, 0) is 6.54 Å². The molecule has 0 spiro atoms. The third kappa shape index (κ3) is 2.33. The predicted octanol–water partition coefficient (Wildman–Crippen LogP) is 2.15. The molecule has 3 aromatic rings. The van der Waals surface area contributed by atoms with Gasteiger partial charge in [0.2, 0.25) is 0 Å². The fourth-order valence-electron chi connectivity index (χ4n) is 2.40. The number of benzene rings is 1. The fraction of sp³-hybridized carbons (Fsp3) is 0.333. The molecule has 106 valence electrons. The number of fused-ring (bicyclic) bond motifs is 1. The predicted molar refractivity (Wildman–Crippen MR) is 80.0 cm³/mol. The van der Waals surface area contributed by atoms with E-state index in [-0.39, 0.29) is 0 Å². The third-order valence-corrected chi connectivity index (χ3v) is 3.70. The molecule has 4 rings (SSSR count). The van der Waals surface area contributed by atoms with Gasteiger partial charge in [0, 0.05) is 6.04 Å². The van der Waals surface area contributed by atoms with Gasteiger partial charge in [0.05, 0.1) is 12.2 Å². The normalized spacial score (nSPS) is 14.5. The first-order chi connectivity index (χ1) is 10.3. The van der Waals surface area contributed by atoms with Crippen molar-refractivity contribution < 1.29 is 0 Å². The van der Waals surface area contributed by atoms with Crippen molar-refractivity contribution in [1.82, 2.24) is 25.2 Å². The molecular formula is C15H16N6. The lowest BCUT2D eigenvalue weighted by Gasteiger charge is -2.08. The van der Waals surface area contributed by atoms with Gasteiger partial charge < -0.3 is 5.32 Å². The molecule has 6 nitrogen and oxygen atoms in total. The molecule has 0 amide bonds. The van der Waals surface area contributed by atoms with E-state index in [1.807, 2.05) is 29.8 Å². The van der Waals surface area contributed by atoms with Crippen molar-refractivity contribution in [2.45, 2.75) is 32.4 Å². The van der Waals surface area contributed by atoms with Crippen LogP contribution in [0.3, 0.4) is 0 Å². The minimum atomic E-state index is 0.519. The smallest absolute Gasteiger partial charge is 0.176 e. The van der Waals surface area contributed by atoms with E-state index in [0.29, 0.717) is 12.6 Å². The van der Waals surface area contributed by atoms with Gasteiger partial charge in [0.1, 0.15) is 11.0 Å². The Morgan fingerprint density at radius 3 is 2.71 bits per heavy atom. The van der Waals surface area contributed by atoms with Crippen molar-refractivity contribution in [1.29, 1.82) is 0 Å². The molecule has 2 heterocycles. The Kier molecular flexibility index (Phi) is 2.80. The zero-order valence-electron chi connectivity index (χ0n) is 11.8. The van der Waals surface area contributed by atoms with Crippen LogP contribution in [0, 0.1) is 6.92 Å². The number of hydrogen-bond acceptors (Lipinski definition) is 5. The van der Waals surface area contributed by atoms with Crippen LogP contribution >= 0.6 is 0 Å². The summed E-state index contributed by atoms with van der Waals surface area (Å²) in [7, 11) is 0. The lowest BCUT2D eigenvalue weighted by Crippen LogP contribution is -2.09. The Bertz CT molecular complexity index is 775. The topological polar surface area (TPSA) is 68.5 Å². The van der Waals surface area contributed by atoms with Gasteiger partial charge in [-0.15, -0.1) is 10.2 Å². The number of aromatic nitrogens is 5. The van der Waals surface area contributed by atoms with Gasteiger partial charge in [-0.2, -0.15) is 5.10 Å². The number of anilines is 1. The standard InChI is InChI=1S/C15H16N6/c1-10-13-14(15(19-17-10)16-12-7-8-12)21(20-18-13)9-11-5-3-2-4-6-11/h2-6,12H,7-9H2,1H3,(H,16,19).